The third-order valence-electron chi connectivity index (χ3n) is 2.97. The number of hydrogen-bond acceptors (Lipinski definition) is 2. The molecule has 2 fully saturated rings. The van der Waals surface area contributed by atoms with Crippen molar-refractivity contribution < 1.29 is 4.21 Å². The second kappa shape index (κ2) is 3.88. The molecular weight excluding hydrogens is 170 g/mol. The Morgan fingerprint density at radius 2 is 1.83 bits per heavy atom. The van der Waals surface area contributed by atoms with Gasteiger partial charge in [-0.3, -0.25) is 4.21 Å². The van der Waals surface area contributed by atoms with Crippen LogP contribution in [-0.2, 0) is 10.8 Å². The van der Waals surface area contributed by atoms with Crippen LogP contribution in [0.1, 0.15) is 32.1 Å². The molecule has 0 aromatic heterocycles. The van der Waals surface area contributed by atoms with Gasteiger partial charge in [0, 0.05) is 27.8 Å². The summed E-state index contributed by atoms with van der Waals surface area (Å²) in [4.78, 5) is 0. The van der Waals surface area contributed by atoms with Crippen molar-refractivity contribution in [3.63, 3.8) is 0 Å². The minimum absolute atomic E-state index is 0.466. The topological polar surface area (TPSA) is 29.1 Å². The molecule has 1 heterocycles. The highest BCUT2D eigenvalue weighted by Crippen LogP contribution is 2.26. The Morgan fingerprint density at radius 1 is 1.08 bits per heavy atom. The summed E-state index contributed by atoms with van der Waals surface area (Å²) in [6.45, 7) is 2.06. The monoisotopic (exact) mass is 187 g/mol. The van der Waals surface area contributed by atoms with Gasteiger partial charge in [0.05, 0.1) is 0 Å². The van der Waals surface area contributed by atoms with E-state index in [1.807, 2.05) is 0 Å². The first-order valence-electron chi connectivity index (χ1n) is 4.98. The minimum atomic E-state index is -0.533. The van der Waals surface area contributed by atoms with E-state index in [4.69, 9.17) is 0 Å². The third kappa shape index (κ3) is 1.72. The lowest BCUT2D eigenvalue weighted by Crippen LogP contribution is -2.26. The Labute approximate surface area is 76.6 Å². The first-order chi connectivity index (χ1) is 5.88. The van der Waals surface area contributed by atoms with Crippen LogP contribution in [0.5, 0.6) is 0 Å². The van der Waals surface area contributed by atoms with Crippen molar-refractivity contribution in [1.82, 2.24) is 5.32 Å². The van der Waals surface area contributed by atoms with Crippen LogP contribution in [0, 0.1) is 0 Å². The number of rotatable bonds is 2. The van der Waals surface area contributed by atoms with E-state index in [0.29, 0.717) is 10.5 Å². The summed E-state index contributed by atoms with van der Waals surface area (Å²) >= 11 is 0. The smallest absolute Gasteiger partial charge is 0.0487 e. The molecule has 0 radical (unpaired) electrons. The summed E-state index contributed by atoms with van der Waals surface area (Å²) in [5, 5.41) is 4.29. The summed E-state index contributed by atoms with van der Waals surface area (Å²) in [6.07, 6.45) is 6.16. The highest BCUT2D eigenvalue weighted by molar-refractivity contribution is 7.86. The number of hydrogen-bond donors (Lipinski definition) is 1. The zero-order valence-electron chi connectivity index (χ0n) is 7.42. The predicted molar refractivity (Wildman–Crippen MR) is 51.7 cm³/mol. The fourth-order valence-electron chi connectivity index (χ4n) is 2.22. The van der Waals surface area contributed by atoms with E-state index in [2.05, 4.69) is 5.32 Å². The molecule has 2 atom stereocenters. The lowest BCUT2D eigenvalue weighted by molar-refractivity contribution is 0.657. The second-order valence-electron chi connectivity index (χ2n) is 3.85. The molecule has 0 spiro atoms. The van der Waals surface area contributed by atoms with Crippen molar-refractivity contribution in [1.29, 1.82) is 0 Å². The molecule has 70 valence electrons. The van der Waals surface area contributed by atoms with Crippen molar-refractivity contribution in [2.75, 3.05) is 13.1 Å². The first-order valence-corrected chi connectivity index (χ1v) is 6.25. The Kier molecular flexibility index (Phi) is 2.81. The molecule has 0 bridgehead atoms. The van der Waals surface area contributed by atoms with Gasteiger partial charge in [-0.25, -0.2) is 0 Å². The van der Waals surface area contributed by atoms with E-state index in [9.17, 15) is 4.21 Å². The van der Waals surface area contributed by atoms with Gasteiger partial charge in [-0.05, 0) is 25.8 Å². The van der Waals surface area contributed by atoms with Gasteiger partial charge in [-0.15, -0.1) is 0 Å². The van der Waals surface area contributed by atoms with E-state index in [1.165, 1.54) is 25.7 Å². The van der Waals surface area contributed by atoms with Crippen molar-refractivity contribution >= 4 is 10.8 Å². The van der Waals surface area contributed by atoms with E-state index in [-0.39, 0.29) is 0 Å². The van der Waals surface area contributed by atoms with E-state index >= 15 is 0 Å². The molecule has 3 heteroatoms. The van der Waals surface area contributed by atoms with Gasteiger partial charge in [0.25, 0.3) is 0 Å². The third-order valence-corrected chi connectivity index (χ3v) is 5.16. The molecular formula is C9H17NOS. The number of nitrogens with one attached hydrogen (secondary N) is 1. The van der Waals surface area contributed by atoms with Crippen molar-refractivity contribution in [2.24, 2.45) is 0 Å². The molecule has 0 aromatic carbocycles. The van der Waals surface area contributed by atoms with Crippen molar-refractivity contribution in [2.45, 2.75) is 42.6 Å². The zero-order valence-corrected chi connectivity index (χ0v) is 8.24. The Morgan fingerprint density at radius 3 is 2.42 bits per heavy atom. The van der Waals surface area contributed by atoms with Crippen LogP contribution < -0.4 is 5.32 Å². The second-order valence-corrected chi connectivity index (χ2v) is 5.84. The summed E-state index contributed by atoms with van der Waals surface area (Å²) in [5.74, 6) is 0. The van der Waals surface area contributed by atoms with Crippen LogP contribution in [0.3, 0.4) is 0 Å². The van der Waals surface area contributed by atoms with Gasteiger partial charge in [0.15, 0.2) is 0 Å². The summed E-state index contributed by atoms with van der Waals surface area (Å²) in [7, 11) is -0.533. The van der Waals surface area contributed by atoms with E-state index in [0.717, 1.165) is 19.5 Å². The van der Waals surface area contributed by atoms with Gasteiger partial charge < -0.3 is 5.32 Å². The molecule has 0 aromatic rings. The summed E-state index contributed by atoms with van der Waals surface area (Å²) < 4.78 is 11.9. The maximum absolute atomic E-state index is 11.9. The van der Waals surface area contributed by atoms with Gasteiger partial charge >= 0.3 is 0 Å². The van der Waals surface area contributed by atoms with Crippen LogP contribution in [0.15, 0.2) is 0 Å². The van der Waals surface area contributed by atoms with Gasteiger partial charge in [0.1, 0.15) is 0 Å². The molecule has 1 aliphatic carbocycles. The quantitative estimate of drug-likeness (QED) is 0.700. The summed E-state index contributed by atoms with van der Waals surface area (Å²) in [6, 6.07) is 0. The normalized spacial score (nSPS) is 34.2. The van der Waals surface area contributed by atoms with Crippen LogP contribution in [0.25, 0.3) is 0 Å². The maximum Gasteiger partial charge on any atom is 0.0487 e. The van der Waals surface area contributed by atoms with Gasteiger partial charge in [-0.1, -0.05) is 12.8 Å². The van der Waals surface area contributed by atoms with Gasteiger partial charge in [-0.2, -0.15) is 0 Å². The highest BCUT2D eigenvalue weighted by Gasteiger charge is 2.29. The van der Waals surface area contributed by atoms with Crippen molar-refractivity contribution in [3.8, 4) is 0 Å². The first kappa shape index (κ1) is 8.70. The molecule has 2 aliphatic rings. The Balaban J connectivity index is 1.89. The Bertz CT molecular complexity index is 153. The molecule has 1 saturated carbocycles. The average molecular weight is 187 g/mol. The highest BCUT2D eigenvalue weighted by atomic mass is 32.2. The van der Waals surface area contributed by atoms with Crippen molar-refractivity contribution in [3.05, 3.63) is 0 Å². The SMILES string of the molecule is O=S(C1CCCC1)C1CCNC1. The van der Waals surface area contributed by atoms with E-state index < -0.39 is 10.8 Å². The lowest BCUT2D eigenvalue weighted by Gasteiger charge is -2.13. The molecule has 12 heavy (non-hydrogen) atoms. The largest absolute Gasteiger partial charge is 0.315 e. The molecule has 2 rings (SSSR count). The summed E-state index contributed by atoms with van der Waals surface area (Å²) in [5.41, 5.74) is 0. The maximum atomic E-state index is 11.9. The Hall–Kier alpha value is 0.110. The lowest BCUT2D eigenvalue weighted by atomic mass is 10.4. The van der Waals surface area contributed by atoms with Crippen LogP contribution in [0.2, 0.25) is 0 Å². The van der Waals surface area contributed by atoms with Crippen LogP contribution >= 0.6 is 0 Å². The molecule has 1 saturated heterocycles. The molecule has 0 amide bonds. The fourth-order valence-corrected chi connectivity index (χ4v) is 4.19. The van der Waals surface area contributed by atoms with Crippen LogP contribution in [0.4, 0.5) is 0 Å². The molecule has 1 aliphatic heterocycles. The standard InChI is InChI=1S/C9H17NOS/c11-12(8-3-1-2-4-8)9-5-6-10-7-9/h8-10H,1-7H2. The average Bonchev–Trinajstić information content (AvgIpc) is 2.77. The minimum Gasteiger partial charge on any atom is -0.315 e. The van der Waals surface area contributed by atoms with Crippen LogP contribution in [-0.4, -0.2) is 27.8 Å². The molecule has 2 nitrogen and oxygen atoms in total. The van der Waals surface area contributed by atoms with E-state index in [1.54, 1.807) is 0 Å². The molecule has 2 unspecified atom stereocenters. The predicted octanol–water partition coefficient (Wildman–Crippen LogP) is 1.04. The van der Waals surface area contributed by atoms with Gasteiger partial charge in [0.2, 0.25) is 0 Å². The zero-order chi connectivity index (χ0) is 8.39. The fraction of sp³-hybridized carbons (Fsp3) is 1.00. The molecule has 1 N–H and O–H groups in total.